The van der Waals surface area contributed by atoms with E-state index < -0.39 is 0 Å². The molecule has 4 saturated carbocycles. The Kier molecular flexibility index (Phi) is 3.29. The fourth-order valence-corrected chi connectivity index (χ4v) is 6.04. The number of hydrogen-bond acceptors (Lipinski definition) is 3. The van der Waals surface area contributed by atoms with Crippen molar-refractivity contribution in [3.05, 3.63) is 47.0 Å². The molecule has 4 bridgehead atoms. The van der Waals surface area contributed by atoms with Crippen molar-refractivity contribution in [1.29, 1.82) is 0 Å². The normalized spacial score (nSPS) is 37.1. The van der Waals surface area contributed by atoms with Crippen LogP contribution < -0.4 is 0 Å². The van der Waals surface area contributed by atoms with E-state index in [1.54, 1.807) is 6.33 Å². The van der Waals surface area contributed by atoms with E-state index in [9.17, 15) is 5.11 Å². The first kappa shape index (κ1) is 14.9. The first-order chi connectivity index (χ1) is 11.7. The van der Waals surface area contributed by atoms with Crippen LogP contribution in [-0.2, 0) is 12.0 Å². The molecule has 1 N–H and O–H groups in total. The molecule has 4 aliphatic carbocycles. The lowest BCUT2D eigenvalue weighted by molar-refractivity contribution is -0.150. The van der Waals surface area contributed by atoms with Gasteiger partial charge in [-0.2, -0.15) is 5.10 Å². The molecule has 2 aromatic rings. The highest BCUT2D eigenvalue weighted by molar-refractivity contribution is 6.31. The standard InChI is InChI=1S/C19H22ClN3O/c20-16-4-2-1-3-14(16)8-17-21-11-22-23(17)19-9-12-5-13(10-19)7-15(6-12)18(19)24/h1-4,11-13,15,18,24H,5-10H2. The number of rotatable bonds is 3. The van der Waals surface area contributed by atoms with Crippen molar-refractivity contribution < 1.29 is 5.11 Å². The number of nitrogens with zero attached hydrogens (tertiary/aromatic N) is 3. The number of halogens is 1. The SMILES string of the molecule is OC1C2CC3CC(C2)CC1(n1ncnc1Cc1ccccc1Cl)C3. The molecule has 0 aliphatic heterocycles. The molecule has 3 atom stereocenters. The number of hydrogen-bond donors (Lipinski definition) is 1. The van der Waals surface area contributed by atoms with Crippen molar-refractivity contribution in [2.45, 2.75) is 50.2 Å². The van der Waals surface area contributed by atoms with Gasteiger partial charge in [-0.15, -0.1) is 0 Å². The van der Waals surface area contributed by atoms with Crippen molar-refractivity contribution in [1.82, 2.24) is 14.8 Å². The third-order valence-electron chi connectivity index (χ3n) is 6.57. The van der Waals surface area contributed by atoms with Crippen LogP contribution in [0.3, 0.4) is 0 Å². The minimum absolute atomic E-state index is 0.248. The number of aromatic nitrogens is 3. The molecular formula is C19H22ClN3O. The minimum Gasteiger partial charge on any atom is -0.390 e. The zero-order valence-electron chi connectivity index (χ0n) is 13.6. The van der Waals surface area contributed by atoms with E-state index in [0.29, 0.717) is 12.3 Å². The summed E-state index contributed by atoms with van der Waals surface area (Å²) in [5, 5.41) is 16.4. The smallest absolute Gasteiger partial charge is 0.138 e. The van der Waals surface area contributed by atoms with Crippen LogP contribution >= 0.6 is 11.6 Å². The Morgan fingerprint density at radius 3 is 2.67 bits per heavy atom. The van der Waals surface area contributed by atoms with Gasteiger partial charge in [0.25, 0.3) is 0 Å². The van der Waals surface area contributed by atoms with Crippen molar-refractivity contribution >= 4 is 11.6 Å². The van der Waals surface area contributed by atoms with Crippen LogP contribution in [0.5, 0.6) is 0 Å². The maximum Gasteiger partial charge on any atom is 0.138 e. The lowest BCUT2D eigenvalue weighted by Crippen LogP contribution is -2.61. The molecule has 4 fully saturated rings. The molecule has 0 spiro atoms. The average Bonchev–Trinajstić information content (AvgIpc) is 3.03. The quantitative estimate of drug-likeness (QED) is 0.929. The summed E-state index contributed by atoms with van der Waals surface area (Å²) in [4.78, 5) is 4.53. The maximum absolute atomic E-state index is 11.1. The molecule has 1 aromatic carbocycles. The Bertz CT molecular complexity index is 759. The number of aliphatic hydroxyl groups is 1. The highest BCUT2D eigenvalue weighted by Gasteiger charge is 2.58. The van der Waals surface area contributed by atoms with Crippen LogP contribution in [0.1, 0.15) is 43.5 Å². The Hall–Kier alpha value is -1.39. The van der Waals surface area contributed by atoms with E-state index in [4.69, 9.17) is 11.6 Å². The number of aliphatic hydroxyl groups excluding tert-OH is 1. The average molecular weight is 344 g/mol. The van der Waals surface area contributed by atoms with Gasteiger partial charge < -0.3 is 5.11 Å². The molecule has 126 valence electrons. The molecular weight excluding hydrogens is 322 g/mol. The number of benzene rings is 1. The molecule has 6 rings (SSSR count). The summed E-state index contributed by atoms with van der Waals surface area (Å²) in [6.45, 7) is 0. The first-order valence-electron chi connectivity index (χ1n) is 8.96. The van der Waals surface area contributed by atoms with Crippen LogP contribution in [0.2, 0.25) is 5.02 Å². The van der Waals surface area contributed by atoms with Gasteiger partial charge in [0.2, 0.25) is 0 Å². The van der Waals surface area contributed by atoms with Gasteiger partial charge in [0.1, 0.15) is 12.2 Å². The fraction of sp³-hybridized carbons (Fsp3) is 0.579. The molecule has 1 aromatic heterocycles. The summed E-state index contributed by atoms with van der Waals surface area (Å²) in [5.41, 5.74) is 0.814. The van der Waals surface area contributed by atoms with E-state index in [2.05, 4.69) is 14.8 Å². The lowest BCUT2D eigenvalue weighted by Gasteiger charge is -2.59. The molecule has 3 unspecified atom stereocenters. The molecule has 4 nitrogen and oxygen atoms in total. The molecule has 0 amide bonds. The van der Waals surface area contributed by atoms with Crippen LogP contribution in [0, 0.1) is 17.8 Å². The van der Waals surface area contributed by atoms with Gasteiger partial charge in [0, 0.05) is 11.4 Å². The van der Waals surface area contributed by atoms with E-state index in [1.807, 2.05) is 24.3 Å². The predicted molar refractivity (Wildman–Crippen MR) is 91.8 cm³/mol. The van der Waals surface area contributed by atoms with E-state index in [0.717, 1.165) is 41.1 Å². The van der Waals surface area contributed by atoms with Crippen molar-refractivity contribution in [2.24, 2.45) is 17.8 Å². The summed E-state index contributed by atoms with van der Waals surface area (Å²) < 4.78 is 2.06. The summed E-state index contributed by atoms with van der Waals surface area (Å²) in [6, 6.07) is 7.90. The monoisotopic (exact) mass is 343 g/mol. The highest BCUT2D eigenvalue weighted by Crippen LogP contribution is 2.58. The Labute approximate surface area is 146 Å². The second-order valence-corrected chi connectivity index (χ2v) is 8.42. The van der Waals surface area contributed by atoms with Gasteiger partial charge in [-0.05, 0) is 61.5 Å². The second-order valence-electron chi connectivity index (χ2n) is 8.01. The summed E-state index contributed by atoms with van der Waals surface area (Å²) in [7, 11) is 0. The van der Waals surface area contributed by atoms with Crippen molar-refractivity contribution in [3.8, 4) is 0 Å². The third-order valence-corrected chi connectivity index (χ3v) is 6.94. The predicted octanol–water partition coefficient (Wildman–Crippen LogP) is 3.42. The molecule has 5 heteroatoms. The van der Waals surface area contributed by atoms with Crippen LogP contribution in [0.15, 0.2) is 30.6 Å². The molecule has 0 saturated heterocycles. The topological polar surface area (TPSA) is 50.9 Å². The zero-order valence-corrected chi connectivity index (χ0v) is 14.4. The van der Waals surface area contributed by atoms with Gasteiger partial charge in [0.05, 0.1) is 11.6 Å². The van der Waals surface area contributed by atoms with Crippen LogP contribution in [0.25, 0.3) is 0 Å². The molecule has 4 aliphatic rings. The van der Waals surface area contributed by atoms with E-state index in [1.165, 1.54) is 19.3 Å². The van der Waals surface area contributed by atoms with Gasteiger partial charge in [-0.1, -0.05) is 29.8 Å². The Balaban J connectivity index is 1.54. The van der Waals surface area contributed by atoms with Crippen molar-refractivity contribution in [3.63, 3.8) is 0 Å². The summed E-state index contributed by atoms with van der Waals surface area (Å²) in [5.74, 6) is 2.84. The summed E-state index contributed by atoms with van der Waals surface area (Å²) >= 11 is 6.33. The fourth-order valence-electron chi connectivity index (χ4n) is 5.84. The first-order valence-corrected chi connectivity index (χ1v) is 9.34. The highest BCUT2D eigenvalue weighted by atomic mass is 35.5. The Morgan fingerprint density at radius 1 is 1.17 bits per heavy atom. The van der Waals surface area contributed by atoms with Gasteiger partial charge in [-0.25, -0.2) is 9.67 Å². The lowest BCUT2D eigenvalue weighted by atomic mass is 9.51. The maximum atomic E-state index is 11.1. The third kappa shape index (κ3) is 2.09. The van der Waals surface area contributed by atoms with Crippen LogP contribution in [0.4, 0.5) is 0 Å². The van der Waals surface area contributed by atoms with E-state index in [-0.39, 0.29) is 11.6 Å². The molecule has 24 heavy (non-hydrogen) atoms. The van der Waals surface area contributed by atoms with Crippen molar-refractivity contribution in [2.75, 3.05) is 0 Å². The minimum atomic E-state index is -0.294. The summed E-state index contributed by atoms with van der Waals surface area (Å²) in [6.07, 6.45) is 7.80. The second kappa shape index (κ2) is 5.30. The molecule has 1 heterocycles. The van der Waals surface area contributed by atoms with E-state index >= 15 is 0 Å². The van der Waals surface area contributed by atoms with Gasteiger partial charge in [-0.3, -0.25) is 0 Å². The van der Waals surface area contributed by atoms with Gasteiger partial charge >= 0.3 is 0 Å². The van der Waals surface area contributed by atoms with Gasteiger partial charge in [0.15, 0.2) is 0 Å². The Morgan fingerprint density at radius 2 is 1.92 bits per heavy atom. The van der Waals surface area contributed by atoms with Crippen LogP contribution in [-0.4, -0.2) is 26.0 Å². The largest absolute Gasteiger partial charge is 0.390 e. The zero-order chi connectivity index (χ0) is 16.3. The molecule has 0 radical (unpaired) electrons.